The Morgan fingerprint density at radius 3 is 2.36 bits per heavy atom. The smallest absolute Gasteiger partial charge is 0.335 e. The lowest BCUT2D eigenvalue weighted by Crippen LogP contribution is -2.54. The minimum Gasteiger partial charge on any atom is -0.478 e. The van der Waals surface area contributed by atoms with Gasteiger partial charge in [0.05, 0.1) is 11.3 Å². The summed E-state index contributed by atoms with van der Waals surface area (Å²) < 4.78 is 5.32. The highest BCUT2D eigenvalue weighted by molar-refractivity contribution is 6.39. The maximum Gasteiger partial charge on any atom is 0.335 e. The fourth-order valence-corrected chi connectivity index (χ4v) is 2.32. The minimum atomic E-state index is -1.13. The summed E-state index contributed by atoms with van der Waals surface area (Å²) in [5, 5.41) is 11.0. The predicted molar refractivity (Wildman–Crippen MR) is 85.8 cm³/mol. The van der Waals surface area contributed by atoms with Crippen LogP contribution in [0.15, 0.2) is 46.4 Å². The molecule has 4 amide bonds. The summed E-state index contributed by atoms with van der Waals surface area (Å²) in [4.78, 5) is 48.3. The standard InChI is InChI=1S/C17H12N2O6/c1-9-2-7-12(25-9)8-13-14(20)18-17(24)19(15(13)21)11-5-3-10(4-6-11)16(22)23/h2-8H,1H3,(H,22,23)(H,18,20,24). The summed E-state index contributed by atoms with van der Waals surface area (Å²) in [5.74, 6) is -1.89. The van der Waals surface area contributed by atoms with Crippen molar-refractivity contribution < 1.29 is 28.7 Å². The van der Waals surface area contributed by atoms with E-state index >= 15 is 0 Å². The van der Waals surface area contributed by atoms with Crippen LogP contribution in [0.2, 0.25) is 0 Å². The summed E-state index contributed by atoms with van der Waals surface area (Å²) in [6.45, 7) is 1.71. The maximum atomic E-state index is 12.6. The molecule has 25 heavy (non-hydrogen) atoms. The van der Waals surface area contributed by atoms with Gasteiger partial charge in [0, 0.05) is 0 Å². The van der Waals surface area contributed by atoms with Gasteiger partial charge in [-0.2, -0.15) is 0 Å². The third-order valence-corrected chi connectivity index (χ3v) is 3.52. The second-order valence-corrected chi connectivity index (χ2v) is 5.26. The molecule has 0 bridgehead atoms. The van der Waals surface area contributed by atoms with Gasteiger partial charge in [0.2, 0.25) is 0 Å². The molecule has 1 aliphatic heterocycles. The van der Waals surface area contributed by atoms with Gasteiger partial charge in [-0.3, -0.25) is 14.9 Å². The average Bonchev–Trinajstić information content (AvgIpc) is 2.97. The first-order chi connectivity index (χ1) is 11.9. The molecule has 2 N–H and O–H groups in total. The van der Waals surface area contributed by atoms with Gasteiger partial charge < -0.3 is 9.52 Å². The second kappa shape index (κ2) is 6.08. The van der Waals surface area contributed by atoms with Gasteiger partial charge in [0.25, 0.3) is 11.8 Å². The van der Waals surface area contributed by atoms with Crippen LogP contribution in [0, 0.1) is 6.92 Å². The highest BCUT2D eigenvalue weighted by Gasteiger charge is 2.37. The molecule has 0 atom stereocenters. The van der Waals surface area contributed by atoms with E-state index in [1.165, 1.54) is 30.3 Å². The summed E-state index contributed by atoms with van der Waals surface area (Å²) in [7, 11) is 0. The largest absolute Gasteiger partial charge is 0.478 e. The predicted octanol–water partition coefficient (Wildman–Crippen LogP) is 1.95. The molecule has 1 aliphatic rings. The van der Waals surface area contributed by atoms with Gasteiger partial charge in [-0.25, -0.2) is 14.5 Å². The highest BCUT2D eigenvalue weighted by Crippen LogP contribution is 2.22. The summed E-state index contributed by atoms with van der Waals surface area (Å²) in [6.07, 6.45) is 1.25. The maximum absolute atomic E-state index is 12.6. The molecule has 0 radical (unpaired) electrons. The average molecular weight is 340 g/mol. The number of anilines is 1. The molecular weight excluding hydrogens is 328 g/mol. The van der Waals surface area contributed by atoms with Crippen molar-refractivity contribution in [2.75, 3.05) is 4.90 Å². The number of furan rings is 1. The number of urea groups is 1. The van der Waals surface area contributed by atoms with Crippen LogP contribution in [0.3, 0.4) is 0 Å². The second-order valence-electron chi connectivity index (χ2n) is 5.26. The number of aryl methyl sites for hydroxylation is 1. The Bertz CT molecular complexity index is 923. The van der Waals surface area contributed by atoms with E-state index in [-0.39, 0.29) is 16.8 Å². The number of nitrogens with one attached hydrogen (secondary N) is 1. The van der Waals surface area contributed by atoms with Crippen molar-refractivity contribution in [3.05, 3.63) is 59.1 Å². The Kier molecular flexibility index (Phi) is 3.94. The number of benzene rings is 1. The zero-order valence-corrected chi connectivity index (χ0v) is 13.0. The van der Waals surface area contributed by atoms with Crippen LogP contribution in [0.4, 0.5) is 10.5 Å². The lowest BCUT2D eigenvalue weighted by Gasteiger charge is -2.26. The van der Waals surface area contributed by atoms with Crippen molar-refractivity contribution in [1.29, 1.82) is 0 Å². The zero-order chi connectivity index (χ0) is 18.1. The summed E-state index contributed by atoms with van der Waals surface area (Å²) in [6, 6.07) is 7.49. The van der Waals surface area contributed by atoms with Crippen LogP contribution in [0.25, 0.3) is 6.08 Å². The van der Waals surface area contributed by atoms with Crippen LogP contribution in [-0.2, 0) is 9.59 Å². The lowest BCUT2D eigenvalue weighted by atomic mass is 10.1. The Morgan fingerprint density at radius 2 is 1.80 bits per heavy atom. The van der Waals surface area contributed by atoms with E-state index in [9.17, 15) is 19.2 Å². The highest BCUT2D eigenvalue weighted by atomic mass is 16.4. The molecular formula is C17H12N2O6. The van der Waals surface area contributed by atoms with E-state index in [1.807, 2.05) is 0 Å². The van der Waals surface area contributed by atoms with E-state index < -0.39 is 23.8 Å². The number of carboxylic acids is 1. The van der Waals surface area contributed by atoms with E-state index in [0.29, 0.717) is 11.5 Å². The molecule has 1 saturated heterocycles. The Balaban J connectivity index is 1.98. The molecule has 2 heterocycles. The first kappa shape index (κ1) is 16.2. The summed E-state index contributed by atoms with van der Waals surface area (Å²) in [5.41, 5.74) is -0.121. The number of barbiturate groups is 1. The fraction of sp³-hybridized carbons (Fsp3) is 0.0588. The van der Waals surface area contributed by atoms with Crippen LogP contribution >= 0.6 is 0 Å². The van der Waals surface area contributed by atoms with Gasteiger partial charge >= 0.3 is 12.0 Å². The molecule has 126 valence electrons. The van der Waals surface area contributed by atoms with Crippen LogP contribution in [0.1, 0.15) is 21.9 Å². The summed E-state index contributed by atoms with van der Waals surface area (Å²) >= 11 is 0. The lowest BCUT2D eigenvalue weighted by molar-refractivity contribution is -0.122. The number of aromatic carboxylic acids is 1. The van der Waals surface area contributed by atoms with Crippen molar-refractivity contribution >= 4 is 35.6 Å². The third kappa shape index (κ3) is 3.05. The first-order valence-electron chi connectivity index (χ1n) is 7.18. The van der Waals surface area contributed by atoms with Crippen molar-refractivity contribution in [1.82, 2.24) is 5.32 Å². The van der Waals surface area contributed by atoms with E-state index in [1.54, 1.807) is 19.1 Å². The van der Waals surface area contributed by atoms with Gasteiger partial charge in [-0.05, 0) is 49.4 Å². The molecule has 2 aromatic rings. The van der Waals surface area contributed by atoms with Crippen LogP contribution in [0.5, 0.6) is 0 Å². The minimum absolute atomic E-state index is 0.00604. The number of amides is 4. The zero-order valence-electron chi connectivity index (χ0n) is 13.0. The number of imide groups is 2. The molecule has 0 spiro atoms. The monoisotopic (exact) mass is 340 g/mol. The molecule has 0 aliphatic carbocycles. The molecule has 1 aromatic heterocycles. The Hall–Kier alpha value is -3.68. The quantitative estimate of drug-likeness (QED) is 0.651. The first-order valence-corrected chi connectivity index (χ1v) is 7.18. The normalized spacial score (nSPS) is 16.3. The molecule has 8 heteroatoms. The molecule has 3 rings (SSSR count). The van der Waals surface area contributed by atoms with Gasteiger partial charge in [0.1, 0.15) is 17.1 Å². The molecule has 1 fully saturated rings. The third-order valence-electron chi connectivity index (χ3n) is 3.52. The van der Waals surface area contributed by atoms with Crippen LogP contribution < -0.4 is 10.2 Å². The number of rotatable bonds is 3. The van der Waals surface area contributed by atoms with Gasteiger partial charge in [-0.15, -0.1) is 0 Å². The van der Waals surface area contributed by atoms with E-state index in [2.05, 4.69) is 5.32 Å². The number of carboxylic acid groups (broad SMARTS) is 1. The van der Waals surface area contributed by atoms with Crippen molar-refractivity contribution in [2.45, 2.75) is 6.92 Å². The van der Waals surface area contributed by atoms with E-state index in [0.717, 1.165) is 4.90 Å². The molecule has 8 nitrogen and oxygen atoms in total. The SMILES string of the molecule is Cc1ccc(C=C2C(=O)NC(=O)N(c3ccc(C(=O)O)cc3)C2=O)o1. The topological polar surface area (TPSA) is 117 Å². The van der Waals surface area contributed by atoms with E-state index in [4.69, 9.17) is 9.52 Å². The van der Waals surface area contributed by atoms with Crippen LogP contribution in [-0.4, -0.2) is 28.9 Å². The number of carbonyl (C=O) groups is 4. The van der Waals surface area contributed by atoms with Gasteiger partial charge in [-0.1, -0.05) is 0 Å². The number of hydrogen-bond donors (Lipinski definition) is 2. The van der Waals surface area contributed by atoms with Crippen molar-refractivity contribution in [3.8, 4) is 0 Å². The molecule has 0 saturated carbocycles. The molecule has 0 unspecified atom stereocenters. The fourth-order valence-electron chi connectivity index (χ4n) is 2.32. The number of carbonyl (C=O) groups excluding carboxylic acids is 3. The number of nitrogens with zero attached hydrogens (tertiary/aromatic N) is 1. The number of hydrogen-bond acceptors (Lipinski definition) is 5. The Morgan fingerprint density at radius 1 is 1.12 bits per heavy atom. The van der Waals surface area contributed by atoms with Gasteiger partial charge in [0.15, 0.2) is 0 Å². The molecule has 1 aromatic carbocycles. The Labute approximate surface area is 141 Å². The van der Waals surface area contributed by atoms with Crippen molar-refractivity contribution in [2.24, 2.45) is 0 Å². The van der Waals surface area contributed by atoms with Crippen molar-refractivity contribution in [3.63, 3.8) is 0 Å².